The highest BCUT2D eigenvalue weighted by atomic mass is 16.5. The van der Waals surface area contributed by atoms with Crippen LogP contribution in [0.2, 0.25) is 0 Å². The van der Waals surface area contributed by atoms with Gasteiger partial charge in [0.05, 0.1) is 19.6 Å². The molecular formula is C23H32N2O7. The fraction of sp³-hybridized carbons (Fsp3) is 0.522. The van der Waals surface area contributed by atoms with Gasteiger partial charge in [-0.05, 0) is 31.0 Å². The second-order valence-corrected chi connectivity index (χ2v) is 7.30. The molecule has 176 valence electrons. The molecule has 0 aromatic heterocycles. The molecule has 32 heavy (non-hydrogen) atoms. The van der Waals surface area contributed by atoms with Crippen LogP contribution in [0.15, 0.2) is 24.3 Å². The normalized spacial score (nSPS) is 10.3. The molecule has 9 nitrogen and oxygen atoms in total. The van der Waals surface area contributed by atoms with E-state index in [4.69, 9.17) is 9.47 Å². The number of ether oxygens (including phenoxy) is 2. The van der Waals surface area contributed by atoms with Crippen molar-refractivity contribution in [2.75, 3.05) is 31.7 Å². The lowest BCUT2D eigenvalue weighted by molar-refractivity contribution is -0.144. The van der Waals surface area contributed by atoms with Crippen molar-refractivity contribution in [1.82, 2.24) is 5.32 Å². The van der Waals surface area contributed by atoms with Crippen molar-refractivity contribution in [1.29, 1.82) is 0 Å². The smallest absolute Gasteiger partial charge is 0.305 e. The highest BCUT2D eigenvalue weighted by Crippen LogP contribution is 2.11. The van der Waals surface area contributed by atoms with Gasteiger partial charge in [-0.3, -0.25) is 24.0 Å². The summed E-state index contributed by atoms with van der Waals surface area (Å²) in [5.41, 5.74) is 1.25. The molecule has 0 radical (unpaired) electrons. The van der Waals surface area contributed by atoms with Gasteiger partial charge in [0.15, 0.2) is 0 Å². The van der Waals surface area contributed by atoms with Crippen LogP contribution in [0, 0.1) is 0 Å². The molecule has 0 aliphatic rings. The third-order valence-corrected chi connectivity index (χ3v) is 4.12. The van der Waals surface area contributed by atoms with Crippen LogP contribution in [-0.4, -0.2) is 55.7 Å². The average molecular weight is 449 g/mol. The Labute approximate surface area is 188 Å². The maximum Gasteiger partial charge on any atom is 0.305 e. The number of amides is 2. The standard InChI is InChI=1S/C23H32N2O7/c1-3-5-23(30)32-12-4-11-31-13-10-24-21(28)16-22(29)25-19-8-6-18(7-9-19)15-20(27)14-17(2)26/h6-9H,3-5,10-16H2,1-2H3,(H,24,28)(H,25,29). The highest BCUT2D eigenvalue weighted by molar-refractivity contribution is 6.03. The number of rotatable bonds is 16. The Morgan fingerprint density at radius 3 is 2.28 bits per heavy atom. The van der Waals surface area contributed by atoms with Gasteiger partial charge in [-0.2, -0.15) is 0 Å². The Bertz CT molecular complexity index is 775. The van der Waals surface area contributed by atoms with Crippen LogP contribution in [0.5, 0.6) is 0 Å². The third-order valence-electron chi connectivity index (χ3n) is 4.12. The van der Waals surface area contributed by atoms with Gasteiger partial charge < -0.3 is 20.1 Å². The molecule has 1 aromatic rings. The first-order valence-electron chi connectivity index (χ1n) is 10.7. The minimum Gasteiger partial charge on any atom is -0.466 e. The van der Waals surface area contributed by atoms with Crippen molar-refractivity contribution in [3.05, 3.63) is 29.8 Å². The summed E-state index contributed by atoms with van der Waals surface area (Å²) < 4.78 is 10.3. The largest absolute Gasteiger partial charge is 0.466 e. The zero-order chi connectivity index (χ0) is 23.8. The van der Waals surface area contributed by atoms with Gasteiger partial charge in [0, 0.05) is 38.1 Å². The summed E-state index contributed by atoms with van der Waals surface area (Å²) in [6, 6.07) is 6.66. The molecule has 0 aliphatic carbocycles. The maximum atomic E-state index is 12.0. The molecule has 0 fully saturated rings. The number of nitrogens with one attached hydrogen (secondary N) is 2. The van der Waals surface area contributed by atoms with E-state index in [1.54, 1.807) is 24.3 Å². The number of hydrogen-bond donors (Lipinski definition) is 2. The molecule has 0 saturated heterocycles. The topological polar surface area (TPSA) is 128 Å². The summed E-state index contributed by atoms with van der Waals surface area (Å²) in [6.07, 6.45) is 1.48. The predicted molar refractivity (Wildman–Crippen MR) is 118 cm³/mol. The van der Waals surface area contributed by atoms with Crippen LogP contribution in [0.4, 0.5) is 5.69 Å². The molecule has 0 aliphatic heterocycles. The Balaban J connectivity index is 2.16. The quantitative estimate of drug-likeness (QED) is 0.225. The second kappa shape index (κ2) is 15.7. The SMILES string of the molecule is CCCC(=O)OCCCOCCNC(=O)CC(=O)Nc1ccc(CC(=O)CC(C)=O)cc1. The third kappa shape index (κ3) is 13.3. The van der Waals surface area contributed by atoms with Gasteiger partial charge >= 0.3 is 5.97 Å². The summed E-state index contributed by atoms with van der Waals surface area (Å²) in [5.74, 6) is -1.43. The zero-order valence-corrected chi connectivity index (χ0v) is 18.7. The molecule has 0 saturated carbocycles. The lowest BCUT2D eigenvalue weighted by Gasteiger charge is -2.08. The van der Waals surface area contributed by atoms with Crippen molar-refractivity contribution >= 4 is 35.0 Å². The molecule has 2 amide bonds. The van der Waals surface area contributed by atoms with Gasteiger partial charge in [0.25, 0.3) is 0 Å². The number of carbonyl (C=O) groups excluding carboxylic acids is 5. The van der Waals surface area contributed by atoms with Crippen molar-refractivity contribution in [2.45, 2.75) is 52.4 Å². The number of carbonyl (C=O) groups is 5. The summed E-state index contributed by atoms with van der Waals surface area (Å²) in [7, 11) is 0. The Kier molecular flexibility index (Phi) is 13.2. The van der Waals surface area contributed by atoms with Crippen LogP contribution in [-0.2, 0) is 39.9 Å². The molecule has 2 N–H and O–H groups in total. The van der Waals surface area contributed by atoms with Crippen molar-refractivity contribution in [3.63, 3.8) is 0 Å². The van der Waals surface area contributed by atoms with Crippen LogP contribution < -0.4 is 10.6 Å². The monoisotopic (exact) mass is 448 g/mol. The van der Waals surface area contributed by atoms with E-state index in [2.05, 4.69) is 10.6 Å². The zero-order valence-electron chi connectivity index (χ0n) is 18.7. The first kappa shape index (κ1) is 27.0. The number of Topliss-reactive ketones (excluding diaryl/α,β-unsaturated/α-hetero) is 2. The van der Waals surface area contributed by atoms with E-state index in [1.807, 2.05) is 6.92 Å². The van der Waals surface area contributed by atoms with E-state index in [1.165, 1.54) is 6.92 Å². The van der Waals surface area contributed by atoms with Gasteiger partial charge in [0.1, 0.15) is 18.0 Å². The molecule has 0 spiro atoms. The fourth-order valence-corrected chi connectivity index (χ4v) is 2.68. The van der Waals surface area contributed by atoms with Crippen LogP contribution in [0.1, 0.15) is 51.5 Å². The average Bonchev–Trinajstić information content (AvgIpc) is 2.71. The molecular weight excluding hydrogens is 416 g/mol. The number of esters is 1. The maximum absolute atomic E-state index is 12.0. The van der Waals surface area contributed by atoms with E-state index < -0.39 is 11.8 Å². The van der Waals surface area contributed by atoms with Gasteiger partial charge in [-0.25, -0.2) is 0 Å². The van der Waals surface area contributed by atoms with Crippen LogP contribution in [0.3, 0.4) is 0 Å². The number of ketones is 2. The van der Waals surface area contributed by atoms with E-state index in [0.717, 1.165) is 12.0 Å². The van der Waals surface area contributed by atoms with E-state index in [-0.39, 0.29) is 43.3 Å². The first-order chi connectivity index (χ1) is 15.3. The molecule has 1 rings (SSSR count). The minimum absolute atomic E-state index is 0.0902. The molecule has 0 bridgehead atoms. The van der Waals surface area contributed by atoms with Crippen molar-refractivity contribution in [2.24, 2.45) is 0 Å². The Hall–Kier alpha value is -3.07. The highest BCUT2D eigenvalue weighted by Gasteiger charge is 2.10. The van der Waals surface area contributed by atoms with E-state index in [9.17, 15) is 24.0 Å². The summed E-state index contributed by atoms with van der Waals surface area (Å²) in [4.78, 5) is 57.6. The summed E-state index contributed by atoms with van der Waals surface area (Å²) >= 11 is 0. The van der Waals surface area contributed by atoms with Gasteiger partial charge in [-0.1, -0.05) is 19.1 Å². The summed E-state index contributed by atoms with van der Waals surface area (Å²) in [5, 5.41) is 5.21. The van der Waals surface area contributed by atoms with Crippen molar-refractivity contribution < 1.29 is 33.4 Å². The Morgan fingerprint density at radius 2 is 1.62 bits per heavy atom. The van der Waals surface area contributed by atoms with Crippen molar-refractivity contribution in [3.8, 4) is 0 Å². The predicted octanol–water partition coefficient (Wildman–Crippen LogP) is 1.97. The van der Waals surface area contributed by atoms with E-state index >= 15 is 0 Å². The molecule has 9 heteroatoms. The number of anilines is 1. The molecule has 0 heterocycles. The van der Waals surface area contributed by atoms with Crippen LogP contribution >= 0.6 is 0 Å². The molecule has 0 atom stereocenters. The van der Waals surface area contributed by atoms with Gasteiger partial charge in [0.2, 0.25) is 11.8 Å². The number of benzene rings is 1. The lowest BCUT2D eigenvalue weighted by Crippen LogP contribution is -2.30. The van der Waals surface area contributed by atoms with Gasteiger partial charge in [-0.15, -0.1) is 0 Å². The second-order valence-electron chi connectivity index (χ2n) is 7.30. The Morgan fingerprint density at radius 1 is 0.906 bits per heavy atom. The minimum atomic E-state index is -0.460. The molecule has 1 aromatic carbocycles. The number of hydrogen-bond acceptors (Lipinski definition) is 7. The first-order valence-corrected chi connectivity index (χ1v) is 10.7. The van der Waals surface area contributed by atoms with E-state index in [0.29, 0.717) is 38.3 Å². The summed E-state index contributed by atoms with van der Waals surface area (Å²) in [6.45, 7) is 4.55. The lowest BCUT2D eigenvalue weighted by atomic mass is 10.1. The van der Waals surface area contributed by atoms with Crippen LogP contribution in [0.25, 0.3) is 0 Å². The fourth-order valence-electron chi connectivity index (χ4n) is 2.68. The molecule has 0 unspecified atom stereocenters.